The van der Waals surface area contributed by atoms with Crippen LogP contribution in [0.3, 0.4) is 0 Å². The monoisotopic (exact) mass is 402 g/mol. The zero-order valence-electron chi connectivity index (χ0n) is 17.6. The molecular formula is C23H34N2O4. The van der Waals surface area contributed by atoms with Crippen molar-refractivity contribution in [2.24, 2.45) is 0 Å². The number of carbonyl (C=O) groups excluding carboxylic acids is 4. The molecule has 6 nitrogen and oxygen atoms in total. The summed E-state index contributed by atoms with van der Waals surface area (Å²) >= 11 is 0. The molecule has 0 aromatic heterocycles. The summed E-state index contributed by atoms with van der Waals surface area (Å²) in [4.78, 5) is 50.3. The lowest BCUT2D eigenvalue weighted by Crippen LogP contribution is -2.53. The smallest absolute Gasteiger partial charge is 0.255 e. The Hall–Kier alpha value is -2.24. The summed E-state index contributed by atoms with van der Waals surface area (Å²) in [6.45, 7) is 2.23. The molecule has 0 radical (unpaired) electrons. The second-order valence-corrected chi connectivity index (χ2v) is 7.92. The Morgan fingerprint density at radius 2 is 0.862 bits per heavy atom. The highest BCUT2D eigenvalue weighted by molar-refractivity contribution is 6.16. The van der Waals surface area contributed by atoms with Crippen LogP contribution >= 0.6 is 0 Å². The molecule has 0 unspecified atom stereocenters. The standard InChI is InChI=1S/C23H34N2O4/c1-2-3-4-5-6-7-8-9-10-11-12-13-14-19(24-20(26)15-16-21(24)27)25-22(28)17-18-23(25)29/h15-19H,2-14H2,1H3. The molecule has 0 atom stereocenters. The highest BCUT2D eigenvalue weighted by atomic mass is 16.2. The minimum Gasteiger partial charge on any atom is -0.269 e. The van der Waals surface area contributed by atoms with E-state index in [0.29, 0.717) is 6.42 Å². The first-order chi connectivity index (χ1) is 14.1. The molecular weight excluding hydrogens is 368 g/mol. The van der Waals surface area contributed by atoms with Crippen molar-refractivity contribution in [2.45, 2.75) is 96.6 Å². The van der Waals surface area contributed by atoms with Crippen LogP contribution in [-0.4, -0.2) is 39.6 Å². The maximum absolute atomic E-state index is 12.1. The number of carbonyl (C=O) groups is 4. The SMILES string of the molecule is CCCCCCCCCCCCCCC(N1C(=O)C=CC1=O)N1C(=O)C=CC1=O. The van der Waals surface area contributed by atoms with Gasteiger partial charge in [0, 0.05) is 24.3 Å². The summed E-state index contributed by atoms with van der Waals surface area (Å²) in [5, 5.41) is 0. The first-order valence-corrected chi connectivity index (χ1v) is 11.2. The molecule has 0 aromatic rings. The van der Waals surface area contributed by atoms with E-state index in [1.54, 1.807) is 0 Å². The number of hydrogen-bond donors (Lipinski definition) is 0. The number of unbranched alkanes of at least 4 members (excludes halogenated alkanes) is 11. The molecule has 0 bridgehead atoms. The number of hydrogen-bond acceptors (Lipinski definition) is 4. The van der Waals surface area contributed by atoms with Gasteiger partial charge in [0.25, 0.3) is 23.6 Å². The van der Waals surface area contributed by atoms with Crippen molar-refractivity contribution in [2.75, 3.05) is 0 Å². The lowest BCUT2D eigenvalue weighted by Gasteiger charge is -2.32. The van der Waals surface area contributed by atoms with E-state index >= 15 is 0 Å². The van der Waals surface area contributed by atoms with Crippen molar-refractivity contribution in [1.29, 1.82) is 0 Å². The number of amides is 4. The van der Waals surface area contributed by atoms with Gasteiger partial charge in [-0.1, -0.05) is 77.6 Å². The summed E-state index contributed by atoms with van der Waals surface area (Å²) < 4.78 is 0. The van der Waals surface area contributed by atoms with E-state index in [4.69, 9.17) is 0 Å². The predicted molar refractivity (Wildman–Crippen MR) is 111 cm³/mol. The van der Waals surface area contributed by atoms with Crippen molar-refractivity contribution in [3.8, 4) is 0 Å². The largest absolute Gasteiger partial charge is 0.269 e. The fourth-order valence-corrected chi connectivity index (χ4v) is 3.95. The Morgan fingerprint density at radius 1 is 0.552 bits per heavy atom. The molecule has 0 fully saturated rings. The summed E-state index contributed by atoms with van der Waals surface area (Å²) in [5.41, 5.74) is 0. The maximum Gasteiger partial charge on any atom is 0.255 e. The fraction of sp³-hybridized carbons (Fsp3) is 0.652. The highest BCUT2D eigenvalue weighted by Gasteiger charge is 2.40. The van der Waals surface area contributed by atoms with Crippen LogP contribution in [-0.2, 0) is 19.2 Å². The molecule has 4 amide bonds. The van der Waals surface area contributed by atoms with Gasteiger partial charge in [0.1, 0.15) is 6.17 Å². The molecule has 29 heavy (non-hydrogen) atoms. The van der Waals surface area contributed by atoms with Gasteiger partial charge in [0.15, 0.2) is 0 Å². The zero-order chi connectivity index (χ0) is 21.1. The number of imide groups is 2. The van der Waals surface area contributed by atoms with Crippen molar-refractivity contribution in [3.63, 3.8) is 0 Å². The van der Waals surface area contributed by atoms with Crippen molar-refractivity contribution in [1.82, 2.24) is 9.80 Å². The van der Waals surface area contributed by atoms with E-state index in [0.717, 1.165) is 29.1 Å². The minimum absolute atomic E-state index is 0.426. The molecule has 0 aliphatic carbocycles. The highest BCUT2D eigenvalue weighted by Crippen LogP contribution is 2.22. The van der Waals surface area contributed by atoms with Crippen LogP contribution in [0.25, 0.3) is 0 Å². The molecule has 2 aliphatic heterocycles. The maximum atomic E-state index is 12.1. The van der Waals surface area contributed by atoms with E-state index < -0.39 is 29.8 Å². The van der Waals surface area contributed by atoms with Gasteiger partial charge in [-0.3, -0.25) is 29.0 Å². The lowest BCUT2D eigenvalue weighted by atomic mass is 10.0. The Labute approximate surface area is 174 Å². The molecule has 2 heterocycles. The topological polar surface area (TPSA) is 74.8 Å². The van der Waals surface area contributed by atoms with Crippen molar-refractivity contribution >= 4 is 23.6 Å². The number of rotatable bonds is 15. The first-order valence-electron chi connectivity index (χ1n) is 11.2. The van der Waals surface area contributed by atoms with Crippen molar-refractivity contribution < 1.29 is 19.2 Å². The molecule has 0 spiro atoms. The molecule has 0 aromatic carbocycles. The molecule has 160 valence electrons. The van der Waals surface area contributed by atoms with Gasteiger partial charge in [-0.05, 0) is 12.8 Å². The second-order valence-electron chi connectivity index (χ2n) is 7.92. The third kappa shape index (κ3) is 6.94. The van der Waals surface area contributed by atoms with Crippen molar-refractivity contribution in [3.05, 3.63) is 24.3 Å². The number of nitrogens with zero attached hydrogens (tertiary/aromatic N) is 2. The average molecular weight is 403 g/mol. The summed E-state index contributed by atoms with van der Waals surface area (Å²) in [6.07, 6.45) is 18.8. The second kappa shape index (κ2) is 12.3. The Balaban J connectivity index is 1.67. The van der Waals surface area contributed by atoms with Crippen LogP contribution in [0.1, 0.15) is 90.4 Å². The molecule has 6 heteroatoms. The Morgan fingerprint density at radius 3 is 1.21 bits per heavy atom. The normalized spacial score (nSPS) is 16.3. The van der Waals surface area contributed by atoms with Gasteiger partial charge < -0.3 is 0 Å². The van der Waals surface area contributed by atoms with E-state index in [9.17, 15) is 19.2 Å². The summed E-state index contributed by atoms with van der Waals surface area (Å²) in [6, 6.07) is 0. The third-order valence-corrected chi connectivity index (χ3v) is 5.60. The summed E-state index contributed by atoms with van der Waals surface area (Å²) in [5.74, 6) is -1.87. The van der Waals surface area contributed by atoms with Crippen LogP contribution in [0.4, 0.5) is 0 Å². The lowest BCUT2D eigenvalue weighted by molar-refractivity contribution is -0.152. The van der Waals surface area contributed by atoms with Crippen LogP contribution in [0.15, 0.2) is 24.3 Å². The van der Waals surface area contributed by atoms with Gasteiger partial charge in [-0.15, -0.1) is 0 Å². The zero-order valence-corrected chi connectivity index (χ0v) is 17.6. The van der Waals surface area contributed by atoms with E-state index in [1.807, 2.05) is 0 Å². The molecule has 0 saturated heterocycles. The van der Waals surface area contributed by atoms with Crippen LogP contribution in [0.5, 0.6) is 0 Å². The van der Waals surface area contributed by atoms with Gasteiger partial charge in [0.05, 0.1) is 0 Å². The predicted octanol–water partition coefficient (Wildman–Crippen LogP) is 4.25. The molecule has 2 rings (SSSR count). The van der Waals surface area contributed by atoms with E-state index in [1.165, 1.54) is 82.1 Å². The Kier molecular flexibility index (Phi) is 9.81. The third-order valence-electron chi connectivity index (χ3n) is 5.60. The summed E-state index contributed by atoms with van der Waals surface area (Å²) in [7, 11) is 0. The quantitative estimate of drug-likeness (QED) is 0.303. The van der Waals surface area contributed by atoms with E-state index in [-0.39, 0.29) is 0 Å². The molecule has 0 saturated carbocycles. The molecule has 0 N–H and O–H groups in total. The van der Waals surface area contributed by atoms with Gasteiger partial charge in [-0.25, -0.2) is 0 Å². The van der Waals surface area contributed by atoms with Gasteiger partial charge in [0.2, 0.25) is 0 Å². The average Bonchev–Trinajstić information content (AvgIpc) is 3.21. The van der Waals surface area contributed by atoms with Crippen LogP contribution in [0.2, 0.25) is 0 Å². The van der Waals surface area contributed by atoms with Gasteiger partial charge >= 0.3 is 0 Å². The fourth-order valence-electron chi connectivity index (χ4n) is 3.95. The Bertz CT molecular complexity index is 575. The van der Waals surface area contributed by atoms with Crippen LogP contribution in [0, 0.1) is 0 Å². The van der Waals surface area contributed by atoms with Gasteiger partial charge in [-0.2, -0.15) is 0 Å². The van der Waals surface area contributed by atoms with Crippen LogP contribution < -0.4 is 0 Å². The van der Waals surface area contributed by atoms with E-state index in [2.05, 4.69) is 6.92 Å². The minimum atomic E-state index is -0.830. The molecule has 2 aliphatic rings. The first kappa shape index (κ1) is 23.0.